The number of benzene rings is 1. The number of amides is 2. The van der Waals surface area contributed by atoms with Crippen molar-refractivity contribution in [2.24, 2.45) is 0 Å². The van der Waals surface area contributed by atoms with E-state index in [1.54, 1.807) is 26.0 Å². The van der Waals surface area contributed by atoms with Crippen molar-refractivity contribution in [1.29, 1.82) is 0 Å². The van der Waals surface area contributed by atoms with Gasteiger partial charge in [-0.3, -0.25) is 14.4 Å². The highest BCUT2D eigenvalue weighted by atomic mass is 16.5. The van der Waals surface area contributed by atoms with Gasteiger partial charge < -0.3 is 19.9 Å². The zero-order chi connectivity index (χ0) is 21.6. The minimum atomic E-state index is -0.852. The molecule has 0 spiro atoms. The summed E-state index contributed by atoms with van der Waals surface area (Å²) in [5.74, 6) is -1.35. The van der Waals surface area contributed by atoms with E-state index in [-0.39, 0.29) is 19.1 Å². The standard InChI is InChI=1S/C22H29N3O4/c1-6-29-19(26)14-25(15(2)20(27)24-22(3,4)5)21(28)18-13-12-17(23-18)16-10-8-7-9-11-16/h7-13,15,23H,6,14H2,1-5H3,(H,24,27). The van der Waals surface area contributed by atoms with Gasteiger partial charge in [-0.15, -0.1) is 0 Å². The number of nitrogens with one attached hydrogen (secondary N) is 2. The van der Waals surface area contributed by atoms with E-state index in [4.69, 9.17) is 4.74 Å². The highest BCUT2D eigenvalue weighted by Crippen LogP contribution is 2.19. The lowest BCUT2D eigenvalue weighted by molar-refractivity contribution is -0.144. The van der Waals surface area contributed by atoms with E-state index in [1.165, 1.54) is 4.90 Å². The summed E-state index contributed by atoms with van der Waals surface area (Å²) in [7, 11) is 0. The van der Waals surface area contributed by atoms with Crippen molar-refractivity contribution in [3.05, 3.63) is 48.2 Å². The van der Waals surface area contributed by atoms with Crippen LogP contribution in [-0.2, 0) is 14.3 Å². The lowest BCUT2D eigenvalue weighted by Gasteiger charge is -2.30. The van der Waals surface area contributed by atoms with E-state index in [0.29, 0.717) is 5.69 Å². The summed E-state index contributed by atoms with van der Waals surface area (Å²) >= 11 is 0. The van der Waals surface area contributed by atoms with Crippen LogP contribution in [0.5, 0.6) is 0 Å². The first-order chi connectivity index (χ1) is 13.6. The molecule has 156 valence electrons. The number of rotatable bonds is 7. The Hall–Kier alpha value is -3.09. The molecule has 0 bridgehead atoms. The molecular formula is C22H29N3O4. The summed E-state index contributed by atoms with van der Waals surface area (Å²) in [4.78, 5) is 42.2. The molecule has 0 aliphatic heterocycles. The molecule has 0 fully saturated rings. The molecule has 7 nitrogen and oxygen atoms in total. The maximum absolute atomic E-state index is 13.1. The van der Waals surface area contributed by atoms with Crippen molar-refractivity contribution in [1.82, 2.24) is 15.2 Å². The molecule has 2 rings (SSSR count). The highest BCUT2D eigenvalue weighted by Gasteiger charge is 2.31. The molecule has 1 aromatic heterocycles. The number of hydrogen-bond acceptors (Lipinski definition) is 4. The monoisotopic (exact) mass is 399 g/mol. The van der Waals surface area contributed by atoms with Crippen LogP contribution in [0.2, 0.25) is 0 Å². The Labute approximate surface area is 171 Å². The van der Waals surface area contributed by atoms with Crippen LogP contribution in [0, 0.1) is 0 Å². The SMILES string of the molecule is CCOC(=O)CN(C(=O)c1ccc(-c2ccccc2)[nH]1)C(C)C(=O)NC(C)(C)C. The average molecular weight is 399 g/mol. The number of carbonyl (C=O) groups excluding carboxylic acids is 3. The maximum atomic E-state index is 13.1. The topological polar surface area (TPSA) is 91.5 Å². The summed E-state index contributed by atoms with van der Waals surface area (Å²) in [6.07, 6.45) is 0. The molecule has 2 aromatic rings. The number of esters is 1. The second kappa shape index (κ2) is 9.41. The van der Waals surface area contributed by atoms with Crippen LogP contribution in [0.4, 0.5) is 0 Å². The van der Waals surface area contributed by atoms with Gasteiger partial charge in [0.05, 0.1) is 6.61 Å². The van der Waals surface area contributed by atoms with Gasteiger partial charge >= 0.3 is 5.97 Å². The molecule has 29 heavy (non-hydrogen) atoms. The first kappa shape index (κ1) is 22.2. The molecule has 0 radical (unpaired) electrons. The van der Waals surface area contributed by atoms with Crippen LogP contribution in [0.3, 0.4) is 0 Å². The quantitative estimate of drug-likeness (QED) is 0.700. The molecule has 0 aliphatic rings. The molecule has 1 aromatic carbocycles. The largest absolute Gasteiger partial charge is 0.465 e. The summed E-state index contributed by atoms with van der Waals surface area (Å²) < 4.78 is 4.99. The predicted octanol–water partition coefficient (Wildman–Crippen LogP) is 2.99. The molecule has 1 unspecified atom stereocenters. The van der Waals surface area contributed by atoms with Gasteiger partial charge in [0.15, 0.2) is 0 Å². The summed E-state index contributed by atoms with van der Waals surface area (Å²) in [6, 6.07) is 12.2. The molecule has 2 N–H and O–H groups in total. The van der Waals surface area contributed by atoms with E-state index in [1.807, 2.05) is 51.1 Å². The predicted molar refractivity (Wildman–Crippen MR) is 111 cm³/mol. The van der Waals surface area contributed by atoms with Gasteiger partial charge in [0.25, 0.3) is 5.91 Å². The second-order valence-corrected chi connectivity index (χ2v) is 7.81. The van der Waals surface area contributed by atoms with Crippen molar-refractivity contribution in [2.75, 3.05) is 13.2 Å². The van der Waals surface area contributed by atoms with Crippen LogP contribution in [0.1, 0.15) is 45.1 Å². The number of aromatic nitrogens is 1. The van der Waals surface area contributed by atoms with Gasteiger partial charge in [-0.05, 0) is 52.3 Å². The van der Waals surface area contributed by atoms with Gasteiger partial charge in [-0.25, -0.2) is 0 Å². The Morgan fingerprint density at radius 1 is 1.10 bits per heavy atom. The van der Waals surface area contributed by atoms with E-state index in [9.17, 15) is 14.4 Å². The van der Waals surface area contributed by atoms with E-state index in [2.05, 4.69) is 10.3 Å². The van der Waals surface area contributed by atoms with Crippen LogP contribution in [0.15, 0.2) is 42.5 Å². The van der Waals surface area contributed by atoms with Gasteiger partial charge in [0, 0.05) is 11.2 Å². The van der Waals surface area contributed by atoms with Crippen LogP contribution in [0.25, 0.3) is 11.3 Å². The Bertz CT molecular complexity index is 852. The number of carbonyl (C=O) groups is 3. The van der Waals surface area contributed by atoms with Crippen LogP contribution in [-0.4, -0.2) is 52.4 Å². The molecule has 0 aliphatic carbocycles. The number of H-pyrrole nitrogens is 1. The number of ether oxygens (including phenoxy) is 1. The normalized spacial score (nSPS) is 12.2. The average Bonchev–Trinajstić information content (AvgIpc) is 3.15. The van der Waals surface area contributed by atoms with Gasteiger partial charge in [0.1, 0.15) is 18.3 Å². The third kappa shape index (κ3) is 6.20. The number of nitrogens with zero attached hydrogens (tertiary/aromatic N) is 1. The Kier molecular flexibility index (Phi) is 7.20. The maximum Gasteiger partial charge on any atom is 0.325 e. The van der Waals surface area contributed by atoms with Crippen LogP contribution < -0.4 is 5.32 Å². The van der Waals surface area contributed by atoms with Gasteiger partial charge in [-0.1, -0.05) is 30.3 Å². The van der Waals surface area contributed by atoms with Crippen molar-refractivity contribution in [2.45, 2.75) is 46.2 Å². The second-order valence-electron chi connectivity index (χ2n) is 7.81. The minimum Gasteiger partial charge on any atom is -0.465 e. The van der Waals surface area contributed by atoms with Crippen molar-refractivity contribution < 1.29 is 19.1 Å². The van der Waals surface area contributed by atoms with Crippen molar-refractivity contribution in [3.8, 4) is 11.3 Å². The summed E-state index contributed by atoms with van der Waals surface area (Å²) in [6.45, 7) is 8.73. The van der Waals surface area contributed by atoms with Gasteiger partial charge in [-0.2, -0.15) is 0 Å². The fraction of sp³-hybridized carbons (Fsp3) is 0.409. The fourth-order valence-electron chi connectivity index (χ4n) is 2.81. The molecule has 1 heterocycles. The fourth-order valence-corrected chi connectivity index (χ4v) is 2.81. The van der Waals surface area contributed by atoms with E-state index < -0.39 is 23.5 Å². The number of aromatic amines is 1. The lowest BCUT2D eigenvalue weighted by Crippen LogP contribution is -2.54. The first-order valence-electron chi connectivity index (χ1n) is 9.65. The molecular weight excluding hydrogens is 370 g/mol. The third-order valence-corrected chi connectivity index (χ3v) is 4.21. The zero-order valence-electron chi connectivity index (χ0n) is 17.6. The van der Waals surface area contributed by atoms with Gasteiger partial charge in [0.2, 0.25) is 5.91 Å². The van der Waals surface area contributed by atoms with Crippen LogP contribution >= 0.6 is 0 Å². The van der Waals surface area contributed by atoms with E-state index >= 15 is 0 Å². The van der Waals surface area contributed by atoms with Crippen molar-refractivity contribution in [3.63, 3.8) is 0 Å². The third-order valence-electron chi connectivity index (χ3n) is 4.21. The lowest BCUT2D eigenvalue weighted by atomic mass is 10.1. The highest BCUT2D eigenvalue weighted by molar-refractivity contribution is 5.98. The van der Waals surface area contributed by atoms with Crippen molar-refractivity contribution >= 4 is 17.8 Å². The summed E-state index contributed by atoms with van der Waals surface area (Å²) in [5.41, 5.74) is 1.54. The molecule has 2 amide bonds. The molecule has 0 saturated heterocycles. The Balaban J connectivity index is 2.27. The summed E-state index contributed by atoms with van der Waals surface area (Å²) in [5, 5.41) is 2.85. The molecule has 0 saturated carbocycles. The number of hydrogen-bond donors (Lipinski definition) is 2. The minimum absolute atomic E-state index is 0.199. The van der Waals surface area contributed by atoms with E-state index in [0.717, 1.165) is 11.3 Å². The smallest absolute Gasteiger partial charge is 0.325 e. The molecule has 7 heteroatoms. The first-order valence-corrected chi connectivity index (χ1v) is 9.65. The Morgan fingerprint density at radius 2 is 1.76 bits per heavy atom. The Morgan fingerprint density at radius 3 is 2.34 bits per heavy atom. The zero-order valence-corrected chi connectivity index (χ0v) is 17.6. The molecule has 1 atom stereocenters.